The normalized spacial score (nSPS) is 10.4. The van der Waals surface area contributed by atoms with E-state index in [-0.39, 0.29) is 36.6 Å². The van der Waals surface area contributed by atoms with Gasteiger partial charge in [-0.3, -0.25) is 14.4 Å². The molecule has 9 heteroatoms. The average molecular weight is 458 g/mol. The summed E-state index contributed by atoms with van der Waals surface area (Å²) in [6.07, 6.45) is 2.97. The van der Waals surface area contributed by atoms with Gasteiger partial charge in [0, 0.05) is 22.6 Å². The van der Waals surface area contributed by atoms with Crippen LogP contribution in [0.25, 0.3) is 0 Å². The highest BCUT2D eigenvalue weighted by Crippen LogP contribution is 2.17. The molecule has 0 unspecified atom stereocenters. The molecule has 2 aromatic carbocycles. The lowest BCUT2D eigenvalue weighted by Gasteiger charge is -2.10. The predicted octanol–water partition coefficient (Wildman–Crippen LogP) is 4.11. The van der Waals surface area contributed by atoms with Gasteiger partial charge >= 0.3 is 0 Å². The molecule has 0 aliphatic carbocycles. The minimum Gasteiger partial charge on any atom is -0.467 e. The number of hydrogen-bond donors (Lipinski definition) is 4. The molecule has 172 valence electrons. The van der Waals surface area contributed by atoms with E-state index in [2.05, 4.69) is 21.3 Å². The molecule has 2 heterocycles. The quantitative estimate of drug-likeness (QED) is 0.299. The average Bonchev–Trinajstić information content (AvgIpc) is 3.56. The summed E-state index contributed by atoms with van der Waals surface area (Å²) in [6.45, 7) is 0.262. The number of carbonyl (C=O) groups is 3. The van der Waals surface area contributed by atoms with Crippen molar-refractivity contribution < 1.29 is 23.2 Å². The van der Waals surface area contributed by atoms with Crippen molar-refractivity contribution in [3.63, 3.8) is 0 Å². The SMILES string of the molecule is O=C(CNc1cccc(NC(=O)c2ccco2)c1)Nc1cccc(C(=O)NCc2ccco2)c1. The van der Waals surface area contributed by atoms with E-state index in [0.717, 1.165) is 0 Å². The Morgan fingerprint density at radius 2 is 1.44 bits per heavy atom. The van der Waals surface area contributed by atoms with Gasteiger partial charge in [-0.1, -0.05) is 12.1 Å². The van der Waals surface area contributed by atoms with E-state index in [1.807, 2.05) is 0 Å². The molecule has 0 aliphatic rings. The molecule has 0 saturated carbocycles. The fourth-order valence-corrected chi connectivity index (χ4v) is 3.12. The standard InChI is InChI=1S/C25H22N4O5/c30-23(16-26-18-6-2-8-20(14-18)29-25(32)22-10-4-12-34-22)28-19-7-1-5-17(13-19)24(31)27-15-21-9-3-11-33-21/h1-14,26H,15-16H2,(H,27,31)(H,28,30)(H,29,32). The van der Waals surface area contributed by atoms with Crippen molar-refractivity contribution in [3.05, 3.63) is 102 Å². The second kappa shape index (κ2) is 10.7. The summed E-state index contributed by atoms with van der Waals surface area (Å²) in [6, 6.07) is 20.3. The molecule has 34 heavy (non-hydrogen) atoms. The third kappa shape index (κ3) is 6.13. The molecule has 3 amide bonds. The molecule has 0 aliphatic heterocycles. The van der Waals surface area contributed by atoms with E-state index in [1.165, 1.54) is 6.26 Å². The first-order chi connectivity index (χ1) is 16.6. The van der Waals surface area contributed by atoms with E-state index < -0.39 is 0 Å². The molecule has 4 N–H and O–H groups in total. The van der Waals surface area contributed by atoms with Gasteiger partial charge in [0.05, 0.1) is 25.6 Å². The monoisotopic (exact) mass is 458 g/mol. The summed E-state index contributed by atoms with van der Waals surface area (Å²) < 4.78 is 10.3. The third-order valence-corrected chi connectivity index (χ3v) is 4.73. The Bertz CT molecular complexity index is 1270. The van der Waals surface area contributed by atoms with Crippen LogP contribution >= 0.6 is 0 Å². The largest absolute Gasteiger partial charge is 0.467 e. The van der Waals surface area contributed by atoms with Crippen LogP contribution < -0.4 is 21.3 Å². The van der Waals surface area contributed by atoms with E-state index in [4.69, 9.17) is 8.83 Å². The predicted molar refractivity (Wildman–Crippen MR) is 127 cm³/mol. The summed E-state index contributed by atoms with van der Waals surface area (Å²) in [5, 5.41) is 11.3. The first-order valence-corrected chi connectivity index (χ1v) is 10.5. The molecular formula is C25H22N4O5. The highest BCUT2D eigenvalue weighted by molar-refractivity contribution is 6.02. The molecular weight excluding hydrogens is 436 g/mol. The molecule has 0 bridgehead atoms. The van der Waals surface area contributed by atoms with Gasteiger partial charge in [-0.15, -0.1) is 0 Å². The van der Waals surface area contributed by atoms with Crippen molar-refractivity contribution in [2.24, 2.45) is 0 Å². The molecule has 4 aromatic rings. The Kier molecular flexibility index (Phi) is 7.04. The van der Waals surface area contributed by atoms with Gasteiger partial charge in [0.1, 0.15) is 5.76 Å². The van der Waals surface area contributed by atoms with E-state index in [0.29, 0.717) is 28.4 Å². The topological polar surface area (TPSA) is 126 Å². The van der Waals surface area contributed by atoms with Gasteiger partial charge in [0.2, 0.25) is 5.91 Å². The zero-order valence-electron chi connectivity index (χ0n) is 18.0. The highest BCUT2D eigenvalue weighted by atomic mass is 16.3. The van der Waals surface area contributed by atoms with Crippen LogP contribution in [0.5, 0.6) is 0 Å². The van der Waals surface area contributed by atoms with Gasteiger partial charge in [0.15, 0.2) is 5.76 Å². The summed E-state index contributed by atoms with van der Waals surface area (Å²) in [5.74, 6) is -0.0896. The van der Waals surface area contributed by atoms with E-state index >= 15 is 0 Å². The lowest BCUT2D eigenvalue weighted by atomic mass is 10.2. The molecule has 2 aromatic heterocycles. The summed E-state index contributed by atoms with van der Waals surface area (Å²) in [4.78, 5) is 36.9. The molecule has 0 atom stereocenters. The first-order valence-electron chi connectivity index (χ1n) is 10.5. The van der Waals surface area contributed by atoms with Crippen LogP contribution in [-0.4, -0.2) is 24.3 Å². The number of carbonyl (C=O) groups excluding carboxylic acids is 3. The maximum absolute atomic E-state index is 12.4. The Morgan fingerprint density at radius 3 is 2.21 bits per heavy atom. The third-order valence-electron chi connectivity index (χ3n) is 4.73. The molecule has 0 spiro atoms. The number of rotatable bonds is 9. The lowest BCUT2D eigenvalue weighted by Crippen LogP contribution is -2.24. The lowest BCUT2D eigenvalue weighted by molar-refractivity contribution is -0.114. The van der Waals surface area contributed by atoms with Gasteiger partial charge < -0.3 is 30.1 Å². The minimum atomic E-state index is -0.368. The maximum atomic E-state index is 12.4. The number of amides is 3. The van der Waals surface area contributed by atoms with Gasteiger partial charge in [-0.25, -0.2) is 0 Å². The molecule has 4 rings (SSSR count). The molecule has 0 saturated heterocycles. The van der Waals surface area contributed by atoms with Crippen LogP contribution in [0.3, 0.4) is 0 Å². The van der Waals surface area contributed by atoms with Gasteiger partial charge in [-0.2, -0.15) is 0 Å². The van der Waals surface area contributed by atoms with Crippen molar-refractivity contribution >= 4 is 34.8 Å². The Balaban J connectivity index is 1.28. The van der Waals surface area contributed by atoms with Crippen molar-refractivity contribution in [3.8, 4) is 0 Å². The van der Waals surface area contributed by atoms with Crippen LogP contribution in [0.4, 0.5) is 17.1 Å². The van der Waals surface area contributed by atoms with E-state index in [1.54, 1.807) is 79.1 Å². The van der Waals surface area contributed by atoms with Crippen LogP contribution in [0, 0.1) is 0 Å². The molecule has 0 fully saturated rings. The van der Waals surface area contributed by atoms with Crippen molar-refractivity contribution in [2.45, 2.75) is 6.54 Å². The summed E-state index contributed by atoms with van der Waals surface area (Å²) >= 11 is 0. The van der Waals surface area contributed by atoms with Crippen molar-refractivity contribution in [2.75, 3.05) is 22.5 Å². The van der Waals surface area contributed by atoms with Crippen LogP contribution in [0.15, 0.2) is 94.2 Å². The Morgan fingerprint density at radius 1 is 0.706 bits per heavy atom. The fraction of sp³-hybridized carbons (Fsp3) is 0.0800. The Labute approximate surface area is 195 Å². The van der Waals surface area contributed by atoms with Crippen LogP contribution in [-0.2, 0) is 11.3 Å². The smallest absolute Gasteiger partial charge is 0.291 e. The zero-order valence-corrected chi connectivity index (χ0v) is 18.0. The number of hydrogen-bond acceptors (Lipinski definition) is 6. The molecule has 0 radical (unpaired) electrons. The number of nitrogens with one attached hydrogen (secondary N) is 4. The van der Waals surface area contributed by atoms with Crippen LogP contribution in [0.1, 0.15) is 26.7 Å². The number of benzene rings is 2. The van der Waals surface area contributed by atoms with Crippen molar-refractivity contribution in [1.82, 2.24) is 5.32 Å². The number of furan rings is 2. The van der Waals surface area contributed by atoms with Crippen LogP contribution in [0.2, 0.25) is 0 Å². The summed E-state index contributed by atoms with van der Waals surface area (Å²) in [7, 11) is 0. The van der Waals surface area contributed by atoms with Crippen molar-refractivity contribution in [1.29, 1.82) is 0 Å². The van der Waals surface area contributed by atoms with Gasteiger partial charge in [-0.05, 0) is 60.7 Å². The first kappa shape index (κ1) is 22.4. The zero-order chi connectivity index (χ0) is 23.8. The maximum Gasteiger partial charge on any atom is 0.291 e. The molecule has 9 nitrogen and oxygen atoms in total. The highest BCUT2D eigenvalue weighted by Gasteiger charge is 2.10. The number of anilines is 3. The second-order valence-electron chi connectivity index (χ2n) is 7.26. The summed E-state index contributed by atoms with van der Waals surface area (Å²) in [5.41, 5.74) is 2.12. The minimum absolute atomic E-state index is 0.00942. The Hall–Kier alpha value is -4.79. The van der Waals surface area contributed by atoms with E-state index in [9.17, 15) is 14.4 Å². The second-order valence-corrected chi connectivity index (χ2v) is 7.26. The fourth-order valence-electron chi connectivity index (χ4n) is 3.12. The van der Waals surface area contributed by atoms with Gasteiger partial charge in [0.25, 0.3) is 11.8 Å².